The van der Waals surface area contributed by atoms with E-state index in [-0.39, 0.29) is 0 Å². The predicted octanol–water partition coefficient (Wildman–Crippen LogP) is 2.34. The Bertz CT molecular complexity index is 214. The van der Waals surface area contributed by atoms with E-state index in [4.69, 9.17) is 0 Å². The Kier molecular flexibility index (Phi) is 3.09. The van der Waals surface area contributed by atoms with Crippen LogP contribution >= 0.6 is 0 Å². The molecule has 1 aliphatic carbocycles. The third-order valence-corrected chi connectivity index (χ3v) is 4.06. The van der Waals surface area contributed by atoms with Gasteiger partial charge in [-0.15, -0.1) is 0 Å². The standard InChI is InChI=1S/C12H21NO/c1-2-9-4-3-5-10(8-9)11-6-7-13-12(11)14/h9-11H,2-8H2,1H3,(H,13,14). The highest BCUT2D eigenvalue weighted by atomic mass is 16.2. The molecule has 14 heavy (non-hydrogen) atoms. The normalized spacial score (nSPS) is 38.4. The molecule has 1 saturated heterocycles. The maximum absolute atomic E-state index is 11.6. The predicted molar refractivity (Wildman–Crippen MR) is 56.9 cm³/mol. The van der Waals surface area contributed by atoms with E-state index >= 15 is 0 Å². The summed E-state index contributed by atoms with van der Waals surface area (Å²) in [5.74, 6) is 2.26. The minimum atomic E-state index is 0.326. The van der Waals surface area contributed by atoms with E-state index in [1.54, 1.807) is 0 Å². The third-order valence-electron chi connectivity index (χ3n) is 4.06. The van der Waals surface area contributed by atoms with Gasteiger partial charge in [-0.05, 0) is 31.1 Å². The molecule has 1 aliphatic heterocycles. The highest BCUT2D eigenvalue weighted by molar-refractivity contribution is 5.80. The van der Waals surface area contributed by atoms with Crippen molar-refractivity contribution in [3.05, 3.63) is 0 Å². The molecule has 0 spiro atoms. The number of hydrogen-bond acceptors (Lipinski definition) is 1. The highest BCUT2D eigenvalue weighted by Crippen LogP contribution is 2.37. The SMILES string of the molecule is CCC1CCCC(C2CCNC2=O)C1. The third kappa shape index (κ3) is 1.94. The first-order valence-corrected chi connectivity index (χ1v) is 6.09. The van der Waals surface area contributed by atoms with Gasteiger partial charge in [0.1, 0.15) is 0 Å². The van der Waals surface area contributed by atoms with Crippen LogP contribution in [0.2, 0.25) is 0 Å². The molecule has 2 rings (SSSR count). The van der Waals surface area contributed by atoms with Crippen molar-refractivity contribution in [2.45, 2.75) is 45.4 Å². The fourth-order valence-electron chi connectivity index (χ4n) is 3.13. The number of carbonyl (C=O) groups is 1. The summed E-state index contributed by atoms with van der Waals surface area (Å²) in [5, 5.41) is 2.96. The van der Waals surface area contributed by atoms with Crippen molar-refractivity contribution in [3.8, 4) is 0 Å². The second-order valence-corrected chi connectivity index (χ2v) is 4.89. The van der Waals surface area contributed by atoms with Crippen LogP contribution in [-0.4, -0.2) is 12.5 Å². The van der Waals surface area contributed by atoms with Gasteiger partial charge in [-0.1, -0.05) is 26.2 Å². The summed E-state index contributed by atoms with van der Waals surface area (Å²) in [4.78, 5) is 11.6. The molecule has 2 heteroatoms. The van der Waals surface area contributed by atoms with Crippen molar-refractivity contribution in [1.29, 1.82) is 0 Å². The number of hydrogen-bond donors (Lipinski definition) is 1. The molecule has 1 N–H and O–H groups in total. The summed E-state index contributed by atoms with van der Waals surface area (Å²) < 4.78 is 0. The molecule has 3 unspecified atom stereocenters. The molecular formula is C12H21NO. The molecule has 2 fully saturated rings. The van der Waals surface area contributed by atoms with Gasteiger partial charge in [-0.2, -0.15) is 0 Å². The smallest absolute Gasteiger partial charge is 0.223 e. The lowest BCUT2D eigenvalue weighted by Gasteiger charge is -2.31. The van der Waals surface area contributed by atoms with Crippen molar-refractivity contribution >= 4 is 5.91 Å². The zero-order valence-electron chi connectivity index (χ0n) is 9.09. The average Bonchev–Trinajstić information content (AvgIpc) is 2.65. The fraction of sp³-hybridized carbons (Fsp3) is 0.917. The van der Waals surface area contributed by atoms with Gasteiger partial charge < -0.3 is 5.32 Å². The van der Waals surface area contributed by atoms with Crippen molar-refractivity contribution in [2.75, 3.05) is 6.54 Å². The Morgan fingerprint density at radius 3 is 2.86 bits per heavy atom. The van der Waals surface area contributed by atoms with Crippen LogP contribution in [0, 0.1) is 17.8 Å². The number of carbonyl (C=O) groups excluding carboxylic acids is 1. The minimum Gasteiger partial charge on any atom is -0.356 e. The maximum atomic E-state index is 11.6. The Hall–Kier alpha value is -0.530. The summed E-state index contributed by atoms with van der Waals surface area (Å²) in [6.45, 7) is 3.19. The quantitative estimate of drug-likeness (QED) is 0.720. The van der Waals surface area contributed by atoms with E-state index in [9.17, 15) is 4.79 Å². The Morgan fingerprint density at radius 2 is 2.21 bits per heavy atom. The summed E-state index contributed by atoms with van der Waals surface area (Å²) in [7, 11) is 0. The first-order valence-electron chi connectivity index (χ1n) is 6.09. The van der Waals surface area contributed by atoms with E-state index in [2.05, 4.69) is 12.2 Å². The molecule has 1 heterocycles. The Labute approximate surface area is 86.5 Å². The second kappa shape index (κ2) is 4.33. The Morgan fingerprint density at radius 1 is 1.36 bits per heavy atom. The molecule has 2 aliphatic rings. The molecule has 2 nitrogen and oxygen atoms in total. The lowest BCUT2D eigenvalue weighted by atomic mass is 9.74. The van der Waals surface area contributed by atoms with Gasteiger partial charge in [0.2, 0.25) is 5.91 Å². The second-order valence-electron chi connectivity index (χ2n) is 4.89. The maximum Gasteiger partial charge on any atom is 0.223 e. The largest absolute Gasteiger partial charge is 0.356 e. The summed E-state index contributed by atoms with van der Waals surface area (Å²) in [5.41, 5.74) is 0. The topological polar surface area (TPSA) is 29.1 Å². The number of nitrogens with one attached hydrogen (secondary N) is 1. The van der Waals surface area contributed by atoms with Crippen molar-refractivity contribution in [2.24, 2.45) is 17.8 Å². The Balaban J connectivity index is 1.93. The van der Waals surface area contributed by atoms with Gasteiger partial charge in [0.05, 0.1) is 0 Å². The summed E-state index contributed by atoms with van der Waals surface area (Å²) in [6.07, 6.45) is 7.70. The van der Waals surface area contributed by atoms with Crippen LogP contribution in [0.1, 0.15) is 45.4 Å². The molecule has 0 aromatic rings. The molecule has 3 atom stereocenters. The van der Waals surface area contributed by atoms with Crippen LogP contribution in [0.15, 0.2) is 0 Å². The van der Waals surface area contributed by atoms with Gasteiger partial charge in [0.15, 0.2) is 0 Å². The van der Waals surface area contributed by atoms with Crippen LogP contribution in [0.3, 0.4) is 0 Å². The molecule has 80 valence electrons. The highest BCUT2D eigenvalue weighted by Gasteiger charge is 2.34. The van der Waals surface area contributed by atoms with E-state index in [1.165, 1.54) is 32.1 Å². The van der Waals surface area contributed by atoms with Crippen molar-refractivity contribution in [1.82, 2.24) is 5.32 Å². The van der Waals surface area contributed by atoms with Crippen LogP contribution in [0.4, 0.5) is 0 Å². The zero-order valence-corrected chi connectivity index (χ0v) is 9.09. The molecule has 1 saturated carbocycles. The lowest BCUT2D eigenvalue weighted by molar-refractivity contribution is -0.124. The van der Waals surface area contributed by atoms with Gasteiger partial charge in [0, 0.05) is 12.5 Å². The molecule has 1 amide bonds. The van der Waals surface area contributed by atoms with E-state index in [1.807, 2.05) is 0 Å². The first kappa shape index (κ1) is 10.0. The molecule has 0 radical (unpaired) electrons. The van der Waals surface area contributed by atoms with E-state index in [0.29, 0.717) is 17.7 Å². The van der Waals surface area contributed by atoms with Gasteiger partial charge in [-0.25, -0.2) is 0 Å². The number of amides is 1. The zero-order chi connectivity index (χ0) is 9.97. The van der Waals surface area contributed by atoms with Gasteiger partial charge in [0.25, 0.3) is 0 Å². The monoisotopic (exact) mass is 195 g/mol. The van der Waals surface area contributed by atoms with Crippen LogP contribution in [-0.2, 0) is 4.79 Å². The summed E-state index contributed by atoms with van der Waals surface area (Å²) in [6, 6.07) is 0. The van der Waals surface area contributed by atoms with Crippen molar-refractivity contribution < 1.29 is 4.79 Å². The van der Waals surface area contributed by atoms with Crippen LogP contribution < -0.4 is 5.32 Å². The van der Waals surface area contributed by atoms with E-state index < -0.39 is 0 Å². The molecule has 0 aromatic carbocycles. The first-order chi connectivity index (χ1) is 6.81. The van der Waals surface area contributed by atoms with Crippen molar-refractivity contribution in [3.63, 3.8) is 0 Å². The molecular weight excluding hydrogens is 174 g/mol. The minimum absolute atomic E-state index is 0.326. The lowest BCUT2D eigenvalue weighted by Crippen LogP contribution is -2.28. The van der Waals surface area contributed by atoms with Crippen LogP contribution in [0.5, 0.6) is 0 Å². The summed E-state index contributed by atoms with van der Waals surface area (Å²) >= 11 is 0. The van der Waals surface area contributed by atoms with E-state index in [0.717, 1.165) is 18.9 Å². The van der Waals surface area contributed by atoms with Crippen LogP contribution in [0.25, 0.3) is 0 Å². The average molecular weight is 195 g/mol. The fourth-order valence-corrected chi connectivity index (χ4v) is 3.13. The van der Waals surface area contributed by atoms with Gasteiger partial charge >= 0.3 is 0 Å². The molecule has 0 bridgehead atoms. The van der Waals surface area contributed by atoms with Gasteiger partial charge in [-0.3, -0.25) is 4.79 Å². The number of rotatable bonds is 2. The molecule has 0 aromatic heterocycles.